The van der Waals surface area contributed by atoms with Gasteiger partial charge in [-0.15, -0.1) is 0 Å². The summed E-state index contributed by atoms with van der Waals surface area (Å²) in [5.74, 6) is -0.340. The van der Waals surface area contributed by atoms with Gasteiger partial charge < -0.3 is 5.11 Å². The monoisotopic (exact) mass is 198 g/mol. The summed E-state index contributed by atoms with van der Waals surface area (Å²) in [5, 5.41) is 8.77. The zero-order valence-electron chi connectivity index (χ0n) is 8.82. The summed E-state index contributed by atoms with van der Waals surface area (Å²) in [7, 11) is 0. The zero-order valence-corrected chi connectivity index (χ0v) is 8.82. The van der Waals surface area contributed by atoms with E-state index in [1.54, 1.807) is 0 Å². The van der Waals surface area contributed by atoms with Crippen LogP contribution in [-0.4, -0.2) is 23.3 Å². The number of aliphatic hydroxyl groups is 1. The second kappa shape index (κ2) is 4.69. The first kappa shape index (κ1) is 11.4. The molecular weight excluding hydrogens is 180 g/mol. The Balaban J connectivity index is 2.68. The summed E-state index contributed by atoms with van der Waals surface area (Å²) in [4.78, 5) is 23.1. The molecule has 0 aliphatic heterocycles. The van der Waals surface area contributed by atoms with Crippen molar-refractivity contribution in [3.63, 3.8) is 0 Å². The normalized spacial score (nSPS) is 26.9. The van der Waals surface area contributed by atoms with Crippen LogP contribution in [0.3, 0.4) is 0 Å². The van der Waals surface area contributed by atoms with Crippen LogP contribution in [0.25, 0.3) is 0 Å². The summed E-state index contributed by atoms with van der Waals surface area (Å²) in [6, 6.07) is 0. The first-order valence-corrected chi connectivity index (χ1v) is 5.25. The van der Waals surface area contributed by atoms with Crippen LogP contribution >= 0.6 is 0 Å². The van der Waals surface area contributed by atoms with Crippen LogP contribution in [0.15, 0.2) is 0 Å². The van der Waals surface area contributed by atoms with Gasteiger partial charge in [-0.2, -0.15) is 0 Å². The largest absolute Gasteiger partial charge is 0.389 e. The fraction of sp³-hybridized carbons (Fsp3) is 0.818. The molecule has 0 radical (unpaired) electrons. The molecule has 0 amide bonds. The maximum atomic E-state index is 11.7. The first-order valence-electron chi connectivity index (χ1n) is 5.25. The Morgan fingerprint density at radius 1 is 1.29 bits per heavy atom. The van der Waals surface area contributed by atoms with Crippen molar-refractivity contribution in [2.24, 2.45) is 17.8 Å². The van der Waals surface area contributed by atoms with E-state index in [0.29, 0.717) is 0 Å². The Bertz CT molecular complexity index is 233. The summed E-state index contributed by atoms with van der Waals surface area (Å²) < 4.78 is 0. The lowest BCUT2D eigenvalue weighted by Gasteiger charge is -2.18. The molecule has 2 atom stereocenters. The Kier molecular flexibility index (Phi) is 3.81. The van der Waals surface area contributed by atoms with Gasteiger partial charge in [-0.3, -0.25) is 9.59 Å². The highest BCUT2D eigenvalue weighted by molar-refractivity contribution is 5.91. The van der Waals surface area contributed by atoms with Gasteiger partial charge in [-0.1, -0.05) is 20.3 Å². The van der Waals surface area contributed by atoms with Gasteiger partial charge in [0, 0.05) is 17.8 Å². The molecule has 3 heteroatoms. The molecule has 14 heavy (non-hydrogen) atoms. The van der Waals surface area contributed by atoms with E-state index in [1.165, 1.54) is 0 Å². The van der Waals surface area contributed by atoms with E-state index in [-0.39, 0.29) is 29.3 Å². The molecule has 0 saturated heterocycles. The van der Waals surface area contributed by atoms with Gasteiger partial charge in [0.2, 0.25) is 0 Å². The topological polar surface area (TPSA) is 54.4 Å². The Hall–Kier alpha value is -0.700. The average molecular weight is 198 g/mol. The lowest BCUT2D eigenvalue weighted by Crippen LogP contribution is -2.29. The number of Topliss-reactive ketones (excluding diaryl/α,β-unsaturated/α-hetero) is 2. The molecule has 1 fully saturated rings. The van der Waals surface area contributed by atoms with Crippen molar-refractivity contribution in [3.05, 3.63) is 0 Å². The Morgan fingerprint density at radius 3 is 2.36 bits per heavy atom. The predicted molar refractivity (Wildman–Crippen MR) is 52.8 cm³/mol. The van der Waals surface area contributed by atoms with Gasteiger partial charge >= 0.3 is 0 Å². The van der Waals surface area contributed by atoms with Gasteiger partial charge in [-0.25, -0.2) is 0 Å². The third kappa shape index (κ3) is 2.21. The van der Waals surface area contributed by atoms with E-state index in [0.717, 1.165) is 19.3 Å². The van der Waals surface area contributed by atoms with Crippen molar-refractivity contribution in [3.8, 4) is 0 Å². The van der Waals surface area contributed by atoms with Crippen LogP contribution in [0.2, 0.25) is 0 Å². The molecule has 3 nitrogen and oxygen atoms in total. The summed E-state index contributed by atoms with van der Waals surface area (Å²) in [6.45, 7) is 3.30. The zero-order chi connectivity index (χ0) is 10.7. The number of hydrogen-bond donors (Lipinski definition) is 1. The van der Waals surface area contributed by atoms with E-state index in [9.17, 15) is 9.59 Å². The minimum absolute atomic E-state index is 0.00732. The van der Waals surface area contributed by atoms with Crippen molar-refractivity contribution >= 4 is 11.6 Å². The number of aliphatic hydroxyl groups excluding tert-OH is 1. The highest BCUT2D eigenvalue weighted by atomic mass is 16.3. The lowest BCUT2D eigenvalue weighted by molar-refractivity contribution is -0.134. The molecule has 80 valence electrons. The van der Waals surface area contributed by atoms with Crippen LogP contribution in [-0.2, 0) is 9.59 Å². The second-order valence-electron chi connectivity index (χ2n) is 4.33. The second-order valence-corrected chi connectivity index (χ2v) is 4.33. The molecular formula is C11H18O3. The molecule has 1 aliphatic carbocycles. The molecule has 0 aromatic rings. The number of carbonyl (C=O) groups excluding carboxylic acids is 2. The van der Waals surface area contributed by atoms with E-state index >= 15 is 0 Å². The highest BCUT2D eigenvalue weighted by Gasteiger charge is 2.37. The summed E-state index contributed by atoms with van der Waals surface area (Å²) >= 11 is 0. The third-order valence-electron chi connectivity index (χ3n) is 3.02. The number of hydrogen-bond acceptors (Lipinski definition) is 3. The van der Waals surface area contributed by atoms with Crippen LogP contribution in [0.5, 0.6) is 0 Å². The van der Waals surface area contributed by atoms with Crippen LogP contribution in [0.1, 0.15) is 33.1 Å². The molecule has 0 bridgehead atoms. The van der Waals surface area contributed by atoms with E-state index in [2.05, 4.69) is 0 Å². The van der Waals surface area contributed by atoms with Crippen molar-refractivity contribution in [2.45, 2.75) is 33.1 Å². The highest BCUT2D eigenvalue weighted by Crippen LogP contribution is 2.34. The molecule has 0 aromatic carbocycles. The van der Waals surface area contributed by atoms with Gasteiger partial charge in [-0.05, 0) is 12.8 Å². The minimum atomic E-state index is -0.424. The van der Waals surface area contributed by atoms with Gasteiger partial charge in [0.25, 0.3) is 0 Å². The van der Waals surface area contributed by atoms with Crippen molar-refractivity contribution in [2.75, 3.05) is 6.61 Å². The SMILES string of the molecule is CC(C)C(=O)[C@@H]1CCCC1C(=O)CO. The quantitative estimate of drug-likeness (QED) is 0.738. The number of carbonyl (C=O) groups is 2. The molecule has 1 rings (SSSR count). The van der Waals surface area contributed by atoms with Crippen molar-refractivity contribution < 1.29 is 14.7 Å². The first-order chi connectivity index (χ1) is 6.57. The molecule has 1 aliphatic rings. The minimum Gasteiger partial charge on any atom is -0.389 e. The van der Waals surface area contributed by atoms with Crippen molar-refractivity contribution in [1.29, 1.82) is 0 Å². The predicted octanol–water partition coefficient (Wildman–Crippen LogP) is 1.19. The Morgan fingerprint density at radius 2 is 1.86 bits per heavy atom. The average Bonchev–Trinajstić information content (AvgIpc) is 2.63. The maximum Gasteiger partial charge on any atom is 0.161 e. The van der Waals surface area contributed by atoms with Gasteiger partial charge in [0.15, 0.2) is 5.78 Å². The smallest absolute Gasteiger partial charge is 0.161 e. The van der Waals surface area contributed by atoms with Crippen LogP contribution in [0.4, 0.5) is 0 Å². The molecule has 1 unspecified atom stereocenters. The third-order valence-corrected chi connectivity index (χ3v) is 3.02. The lowest BCUT2D eigenvalue weighted by atomic mass is 9.84. The fourth-order valence-corrected chi connectivity index (χ4v) is 2.23. The van der Waals surface area contributed by atoms with Gasteiger partial charge in [0.1, 0.15) is 12.4 Å². The van der Waals surface area contributed by atoms with Crippen LogP contribution < -0.4 is 0 Å². The molecule has 0 aromatic heterocycles. The van der Waals surface area contributed by atoms with E-state index in [4.69, 9.17) is 5.11 Å². The molecule has 1 saturated carbocycles. The number of rotatable bonds is 4. The van der Waals surface area contributed by atoms with Crippen LogP contribution in [0, 0.1) is 17.8 Å². The molecule has 1 N–H and O–H groups in total. The van der Waals surface area contributed by atoms with Crippen molar-refractivity contribution in [1.82, 2.24) is 0 Å². The van der Waals surface area contributed by atoms with E-state index in [1.807, 2.05) is 13.8 Å². The fourth-order valence-electron chi connectivity index (χ4n) is 2.23. The number of ketones is 2. The standard InChI is InChI=1S/C11H18O3/c1-7(2)11(14)9-5-3-4-8(9)10(13)6-12/h7-9,12H,3-6H2,1-2H3/t8?,9-/m1/s1. The maximum absolute atomic E-state index is 11.7. The van der Waals surface area contributed by atoms with E-state index < -0.39 is 6.61 Å². The molecule has 0 heterocycles. The Labute approximate surface area is 84.5 Å². The van der Waals surface area contributed by atoms with Gasteiger partial charge in [0.05, 0.1) is 0 Å². The summed E-state index contributed by atoms with van der Waals surface area (Å²) in [5.41, 5.74) is 0. The molecule has 0 spiro atoms. The summed E-state index contributed by atoms with van der Waals surface area (Å²) in [6.07, 6.45) is 2.51.